The van der Waals surface area contributed by atoms with Crippen molar-refractivity contribution in [3.8, 4) is 0 Å². The Balaban J connectivity index is 1.71. The molecule has 0 aromatic heterocycles. The standard InChI is InChI=1S/C19H30FN3O2/c1-15(2)13-18(23-9-11-25-12-10-23)14-22-19(24)21-8-7-16-3-5-17(20)6-4-16/h3-6,15,18H,7-14H2,1-2H3,(H2,21,22,24). The van der Waals surface area contributed by atoms with Crippen LogP contribution in [0.25, 0.3) is 0 Å². The van der Waals surface area contributed by atoms with Crippen molar-refractivity contribution in [1.29, 1.82) is 0 Å². The second kappa shape index (κ2) is 10.4. The SMILES string of the molecule is CC(C)CC(CNC(=O)NCCc1ccc(F)cc1)N1CCOCC1. The van der Waals surface area contributed by atoms with Crippen LogP contribution in [0.5, 0.6) is 0 Å². The number of benzene rings is 1. The molecule has 140 valence electrons. The molecule has 1 fully saturated rings. The summed E-state index contributed by atoms with van der Waals surface area (Å²) in [6, 6.07) is 6.55. The predicted molar refractivity (Wildman–Crippen MR) is 97.1 cm³/mol. The molecular weight excluding hydrogens is 321 g/mol. The summed E-state index contributed by atoms with van der Waals surface area (Å²) in [5, 5.41) is 5.86. The number of urea groups is 1. The Morgan fingerprint density at radius 2 is 1.88 bits per heavy atom. The van der Waals surface area contributed by atoms with Crippen LogP contribution in [0.1, 0.15) is 25.8 Å². The molecule has 2 rings (SSSR count). The summed E-state index contributed by atoms with van der Waals surface area (Å²) in [4.78, 5) is 14.4. The molecule has 1 atom stereocenters. The number of hydrogen-bond acceptors (Lipinski definition) is 3. The summed E-state index contributed by atoms with van der Waals surface area (Å²) in [6.45, 7) is 8.95. The van der Waals surface area contributed by atoms with Crippen LogP contribution in [-0.2, 0) is 11.2 Å². The van der Waals surface area contributed by atoms with E-state index in [1.165, 1.54) is 12.1 Å². The van der Waals surface area contributed by atoms with E-state index in [9.17, 15) is 9.18 Å². The Labute approximate surface area is 149 Å². The van der Waals surface area contributed by atoms with Gasteiger partial charge in [0.05, 0.1) is 13.2 Å². The number of hydrogen-bond donors (Lipinski definition) is 2. The van der Waals surface area contributed by atoms with Crippen molar-refractivity contribution in [2.45, 2.75) is 32.7 Å². The summed E-state index contributed by atoms with van der Waals surface area (Å²) in [7, 11) is 0. The molecule has 1 unspecified atom stereocenters. The summed E-state index contributed by atoms with van der Waals surface area (Å²) in [5.74, 6) is 0.338. The molecule has 2 amide bonds. The van der Waals surface area contributed by atoms with Gasteiger partial charge in [0.25, 0.3) is 0 Å². The number of nitrogens with zero attached hydrogens (tertiary/aromatic N) is 1. The molecule has 0 bridgehead atoms. The summed E-state index contributed by atoms with van der Waals surface area (Å²) < 4.78 is 18.3. The fourth-order valence-corrected chi connectivity index (χ4v) is 3.09. The van der Waals surface area contributed by atoms with Gasteiger partial charge in [-0.1, -0.05) is 26.0 Å². The number of morpholine rings is 1. The first kappa shape index (κ1) is 19.7. The molecular formula is C19H30FN3O2. The maximum absolute atomic E-state index is 12.9. The molecule has 5 nitrogen and oxygen atoms in total. The van der Waals surface area contributed by atoms with E-state index in [1.54, 1.807) is 12.1 Å². The van der Waals surface area contributed by atoms with E-state index in [-0.39, 0.29) is 11.8 Å². The Hall–Kier alpha value is -1.66. The normalized spacial score (nSPS) is 16.6. The molecule has 1 aliphatic heterocycles. The van der Waals surface area contributed by atoms with E-state index in [4.69, 9.17) is 4.74 Å². The van der Waals surface area contributed by atoms with Gasteiger partial charge >= 0.3 is 6.03 Å². The highest BCUT2D eigenvalue weighted by molar-refractivity contribution is 5.73. The largest absolute Gasteiger partial charge is 0.379 e. The van der Waals surface area contributed by atoms with E-state index in [0.29, 0.717) is 31.5 Å². The number of rotatable bonds is 8. The highest BCUT2D eigenvalue weighted by Crippen LogP contribution is 2.13. The first-order chi connectivity index (χ1) is 12.0. The van der Waals surface area contributed by atoms with Crippen molar-refractivity contribution in [3.63, 3.8) is 0 Å². The van der Waals surface area contributed by atoms with Gasteiger partial charge in [-0.3, -0.25) is 4.90 Å². The minimum absolute atomic E-state index is 0.149. The van der Waals surface area contributed by atoms with Crippen molar-refractivity contribution < 1.29 is 13.9 Å². The zero-order valence-electron chi connectivity index (χ0n) is 15.3. The molecule has 2 N–H and O–H groups in total. The van der Waals surface area contributed by atoms with Crippen LogP contribution in [0, 0.1) is 11.7 Å². The van der Waals surface area contributed by atoms with Gasteiger partial charge in [-0.2, -0.15) is 0 Å². The maximum Gasteiger partial charge on any atom is 0.314 e. The Morgan fingerprint density at radius 3 is 2.52 bits per heavy atom. The molecule has 1 aromatic rings. The van der Waals surface area contributed by atoms with Gasteiger partial charge in [-0.25, -0.2) is 9.18 Å². The van der Waals surface area contributed by atoms with Crippen LogP contribution >= 0.6 is 0 Å². The van der Waals surface area contributed by atoms with Gasteiger partial charge in [0.2, 0.25) is 0 Å². The summed E-state index contributed by atoms with van der Waals surface area (Å²) in [5.41, 5.74) is 1.01. The smallest absolute Gasteiger partial charge is 0.314 e. The lowest BCUT2D eigenvalue weighted by Gasteiger charge is -2.35. The van der Waals surface area contributed by atoms with Gasteiger partial charge in [-0.05, 0) is 36.5 Å². The molecule has 1 aliphatic rings. The lowest BCUT2D eigenvalue weighted by molar-refractivity contribution is 0.0129. The van der Waals surface area contributed by atoms with Crippen molar-refractivity contribution in [2.75, 3.05) is 39.4 Å². The molecule has 1 heterocycles. The van der Waals surface area contributed by atoms with Crippen LogP contribution in [0.15, 0.2) is 24.3 Å². The summed E-state index contributed by atoms with van der Waals surface area (Å²) >= 11 is 0. The zero-order chi connectivity index (χ0) is 18.1. The van der Waals surface area contributed by atoms with Gasteiger partial charge < -0.3 is 15.4 Å². The Bertz CT molecular complexity index is 516. The maximum atomic E-state index is 12.9. The number of nitrogens with one attached hydrogen (secondary N) is 2. The zero-order valence-corrected chi connectivity index (χ0v) is 15.3. The van der Waals surface area contributed by atoms with Gasteiger partial charge in [0.1, 0.15) is 5.82 Å². The molecule has 0 radical (unpaired) electrons. The lowest BCUT2D eigenvalue weighted by Crippen LogP contribution is -2.50. The van der Waals surface area contributed by atoms with E-state index < -0.39 is 0 Å². The van der Waals surface area contributed by atoms with Crippen molar-refractivity contribution >= 4 is 6.03 Å². The van der Waals surface area contributed by atoms with E-state index in [1.807, 2.05) is 0 Å². The summed E-state index contributed by atoms with van der Waals surface area (Å²) in [6.07, 6.45) is 1.74. The highest BCUT2D eigenvalue weighted by atomic mass is 19.1. The Kier molecular flexibility index (Phi) is 8.15. The minimum atomic E-state index is -0.242. The topological polar surface area (TPSA) is 53.6 Å². The minimum Gasteiger partial charge on any atom is -0.379 e. The van der Waals surface area contributed by atoms with Crippen LogP contribution < -0.4 is 10.6 Å². The van der Waals surface area contributed by atoms with E-state index in [0.717, 1.165) is 38.3 Å². The lowest BCUT2D eigenvalue weighted by atomic mass is 10.0. The molecule has 0 spiro atoms. The third-order valence-corrected chi connectivity index (χ3v) is 4.42. The fourth-order valence-electron chi connectivity index (χ4n) is 3.09. The molecule has 6 heteroatoms. The van der Waals surface area contributed by atoms with Gasteiger partial charge in [0, 0.05) is 32.2 Å². The van der Waals surface area contributed by atoms with Gasteiger partial charge in [-0.15, -0.1) is 0 Å². The van der Waals surface area contributed by atoms with E-state index in [2.05, 4.69) is 29.4 Å². The van der Waals surface area contributed by atoms with Crippen LogP contribution in [0.2, 0.25) is 0 Å². The number of carbonyl (C=O) groups excluding carboxylic acids is 1. The second-order valence-corrected chi connectivity index (χ2v) is 6.94. The molecule has 1 aromatic carbocycles. The highest BCUT2D eigenvalue weighted by Gasteiger charge is 2.22. The average molecular weight is 351 g/mol. The third kappa shape index (κ3) is 7.40. The first-order valence-electron chi connectivity index (χ1n) is 9.12. The van der Waals surface area contributed by atoms with Crippen LogP contribution in [0.4, 0.5) is 9.18 Å². The number of halogens is 1. The second-order valence-electron chi connectivity index (χ2n) is 6.94. The fraction of sp³-hybridized carbons (Fsp3) is 0.632. The monoisotopic (exact) mass is 351 g/mol. The molecule has 0 saturated carbocycles. The molecule has 0 aliphatic carbocycles. The molecule has 1 saturated heterocycles. The van der Waals surface area contributed by atoms with Crippen LogP contribution in [0.3, 0.4) is 0 Å². The van der Waals surface area contributed by atoms with Crippen molar-refractivity contribution in [3.05, 3.63) is 35.6 Å². The molecule has 25 heavy (non-hydrogen) atoms. The van der Waals surface area contributed by atoms with Crippen molar-refractivity contribution in [2.24, 2.45) is 5.92 Å². The number of carbonyl (C=O) groups is 1. The van der Waals surface area contributed by atoms with Crippen molar-refractivity contribution in [1.82, 2.24) is 15.5 Å². The number of amides is 2. The third-order valence-electron chi connectivity index (χ3n) is 4.42. The quantitative estimate of drug-likeness (QED) is 0.756. The Morgan fingerprint density at radius 1 is 1.20 bits per heavy atom. The van der Waals surface area contributed by atoms with Gasteiger partial charge in [0.15, 0.2) is 0 Å². The average Bonchev–Trinajstić information content (AvgIpc) is 2.61. The predicted octanol–water partition coefficient (Wildman–Crippen LogP) is 2.41. The van der Waals surface area contributed by atoms with Crippen LogP contribution in [-0.4, -0.2) is 56.4 Å². The van der Waals surface area contributed by atoms with E-state index >= 15 is 0 Å². The first-order valence-corrected chi connectivity index (χ1v) is 9.12. The number of ether oxygens (including phenoxy) is 1.